The zero-order valence-corrected chi connectivity index (χ0v) is 8.36. The van der Waals surface area contributed by atoms with Crippen molar-refractivity contribution in [3.8, 4) is 0 Å². The van der Waals surface area contributed by atoms with Crippen LogP contribution in [-0.4, -0.2) is 5.11 Å². The fourth-order valence-electron chi connectivity index (χ4n) is 1.16. The van der Waals surface area contributed by atoms with Gasteiger partial charge in [-0.1, -0.05) is 13.0 Å². The minimum atomic E-state index is -0.260. The molecule has 0 saturated heterocycles. The molecule has 0 aliphatic heterocycles. The van der Waals surface area contributed by atoms with Crippen LogP contribution in [0.2, 0.25) is 0 Å². The number of hydrogen-bond donors (Lipinski definition) is 1. The molecule has 1 aromatic rings. The van der Waals surface area contributed by atoms with E-state index >= 15 is 0 Å². The zero-order valence-electron chi connectivity index (χ0n) is 6.77. The van der Waals surface area contributed by atoms with Gasteiger partial charge in [0.15, 0.2) is 0 Å². The Hall–Kier alpha value is -0.410. The molecular formula is C9H10BrFO. The van der Waals surface area contributed by atoms with Crippen molar-refractivity contribution in [3.05, 3.63) is 33.5 Å². The second-order valence-corrected chi connectivity index (χ2v) is 3.37. The first-order valence-electron chi connectivity index (χ1n) is 3.77. The summed E-state index contributed by atoms with van der Waals surface area (Å²) in [6, 6.07) is 3.34. The Morgan fingerprint density at radius 3 is 2.67 bits per heavy atom. The van der Waals surface area contributed by atoms with Crippen LogP contribution in [0.25, 0.3) is 0 Å². The van der Waals surface area contributed by atoms with Crippen LogP contribution in [0.1, 0.15) is 18.1 Å². The van der Waals surface area contributed by atoms with Crippen molar-refractivity contribution in [1.82, 2.24) is 0 Å². The van der Waals surface area contributed by atoms with E-state index in [1.807, 2.05) is 6.92 Å². The van der Waals surface area contributed by atoms with Gasteiger partial charge in [-0.15, -0.1) is 0 Å². The number of hydrogen-bond acceptors (Lipinski definition) is 1. The maximum absolute atomic E-state index is 13.3. The van der Waals surface area contributed by atoms with Gasteiger partial charge in [0, 0.05) is 0 Å². The molecule has 0 aromatic heterocycles. The van der Waals surface area contributed by atoms with Crippen LogP contribution in [0.5, 0.6) is 0 Å². The molecule has 66 valence electrons. The van der Waals surface area contributed by atoms with E-state index in [-0.39, 0.29) is 12.4 Å². The minimum Gasteiger partial charge on any atom is -0.392 e. The zero-order chi connectivity index (χ0) is 9.14. The summed E-state index contributed by atoms with van der Waals surface area (Å²) in [6.45, 7) is 1.76. The molecule has 1 N–H and O–H groups in total. The second kappa shape index (κ2) is 4.01. The van der Waals surface area contributed by atoms with E-state index < -0.39 is 0 Å². The predicted octanol–water partition coefficient (Wildman–Crippen LogP) is 2.64. The van der Waals surface area contributed by atoms with Gasteiger partial charge >= 0.3 is 0 Å². The molecule has 0 atom stereocenters. The van der Waals surface area contributed by atoms with Crippen molar-refractivity contribution < 1.29 is 9.50 Å². The summed E-state index contributed by atoms with van der Waals surface area (Å²) in [6.07, 6.45) is 0.598. The molecule has 1 nitrogen and oxygen atoms in total. The average Bonchev–Trinajstić information content (AvgIpc) is 2.09. The molecule has 1 rings (SSSR count). The van der Waals surface area contributed by atoms with Gasteiger partial charge < -0.3 is 5.11 Å². The second-order valence-electron chi connectivity index (χ2n) is 2.51. The Labute approximate surface area is 79.4 Å². The predicted molar refractivity (Wildman–Crippen MR) is 49.4 cm³/mol. The highest BCUT2D eigenvalue weighted by Gasteiger charge is 2.08. The summed E-state index contributed by atoms with van der Waals surface area (Å²) in [4.78, 5) is 0. The quantitative estimate of drug-likeness (QED) is 0.832. The van der Waals surface area contributed by atoms with E-state index in [0.717, 1.165) is 0 Å². The Morgan fingerprint density at radius 2 is 2.17 bits per heavy atom. The van der Waals surface area contributed by atoms with Gasteiger partial charge in [0.2, 0.25) is 0 Å². The van der Waals surface area contributed by atoms with Gasteiger partial charge in [-0.05, 0) is 39.5 Å². The highest BCUT2D eigenvalue weighted by molar-refractivity contribution is 9.10. The van der Waals surface area contributed by atoms with Gasteiger partial charge in [0.1, 0.15) is 5.82 Å². The van der Waals surface area contributed by atoms with Crippen molar-refractivity contribution in [2.45, 2.75) is 20.0 Å². The molecule has 0 heterocycles. The number of aliphatic hydroxyl groups excluding tert-OH is 1. The lowest BCUT2D eigenvalue weighted by Gasteiger charge is -2.07. The molecule has 0 aliphatic rings. The summed E-state index contributed by atoms with van der Waals surface area (Å²) >= 11 is 3.09. The van der Waals surface area contributed by atoms with Crippen LogP contribution < -0.4 is 0 Å². The molecule has 0 spiro atoms. The summed E-state index contributed by atoms with van der Waals surface area (Å²) < 4.78 is 13.7. The van der Waals surface area contributed by atoms with Crippen molar-refractivity contribution in [3.63, 3.8) is 0 Å². The Kier molecular flexibility index (Phi) is 3.23. The number of halogens is 2. The van der Waals surface area contributed by atoms with Gasteiger partial charge in [-0.3, -0.25) is 0 Å². The molecule has 0 unspecified atom stereocenters. The Balaban J connectivity index is 3.25. The first-order chi connectivity index (χ1) is 5.70. The van der Waals surface area contributed by atoms with E-state index in [0.29, 0.717) is 22.0 Å². The van der Waals surface area contributed by atoms with Crippen LogP contribution in [0.4, 0.5) is 4.39 Å². The number of aliphatic hydroxyl groups is 1. The molecule has 0 aliphatic carbocycles. The van der Waals surface area contributed by atoms with Crippen molar-refractivity contribution in [1.29, 1.82) is 0 Å². The fourth-order valence-corrected chi connectivity index (χ4v) is 1.53. The topological polar surface area (TPSA) is 20.2 Å². The molecule has 0 saturated carbocycles. The third-order valence-electron chi connectivity index (χ3n) is 1.82. The summed E-state index contributed by atoms with van der Waals surface area (Å²) in [5, 5.41) is 8.88. The molecule has 1 aromatic carbocycles. The fraction of sp³-hybridized carbons (Fsp3) is 0.333. The molecule has 0 fully saturated rings. The Morgan fingerprint density at radius 1 is 1.50 bits per heavy atom. The van der Waals surface area contributed by atoms with Crippen molar-refractivity contribution in [2.24, 2.45) is 0 Å². The Bertz CT molecular complexity index is 286. The summed E-state index contributed by atoms with van der Waals surface area (Å²) in [5.74, 6) is -0.260. The lowest BCUT2D eigenvalue weighted by atomic mass is 10.1. The molecule has 0 amide bonds. The van der Waals surface area contributed by atoms with Crippen LogP contribution in [0.3, 0.4) is 0 Å². The van der Waals surface area contributed by atoms with E-state index in [1.165, 1.54) is 0 Å². The summed E-state index contributed by atoms with van der Waals surface area (Å²) in [5.41, 5.74) is 1.25. The van der Waals surface area contributed by atoms with Crippen molar-refractivity contribution in [2.75, 3.05) is 0 Å². The SMILES string of the molecule is CCc1c(CO)ccc(Br)c1F. The van der Waals surface area contributed by atoms with Gasteiger partial charge in [0.25, 0.3) is 0 Å². The van der Waals surface area contributed by atoms with E-state index in [4.69, 9.17) is 5.11 Å². The molecule has 3 heteroatoms. The maximum Gasteiger partial charge on any atom is 0.140 e. The first kappa shape index (κ1) is 9.68. The molecular weight excluding hydrogens is 223 g/mol. The molecule has 0 bridgehead atoms. The highest BCUT2D eigenvalue weighted by Crippen LogP contribution is 2.22. The van der Waals surface area contributed by atoms with E-state index in [2.05, 4.69) is 15.9 Å². The summed E-state index contributed by atoms with van der Waals surface area (Å²) in [7, 11) is 0. The maximum atomic E-state index is 13.3. The number of rotatable bonds is 2. The van der Waals surface area contributed by atoms with E-state index in [9.17, 15) is 4.39 Å². The third kappa shape index (κ3) is 1.67. The minimum absolute atomic E-state index is 0.104. The largest absolute Gasteiger partial charge is 0.392 e. The smallest absolute Gasteiger partial charge is 0.140 e. The molecule has 0 radical (unpaired) electrons. The van der Waals surface area contributed by atoms with E-state index in [1.54, 1.807) is 12.1 Å². The van der Waals surface area contributed by atoms with Crippen molar-refractivity contribution >= 4 is 15.9 Å². The van der Waals surface area contributed by atoms with Crippen LogP contribution in [0, 0.1) is 5.82 Å². The highest BCUT2D eigenvalue weighted by atomic mass is 79.9. The first-order valence-corrected chi connectivity index (χ1v) is 4.56. The van der Waals surface area contributed by atoms with Gasteiger partial charge in [-0.2, -0.15) is 0 Å². The normalized spacial score (nSPS) is 10.3. The standard InChI is InChI=1S/C9H10BrFO/c1-2-7-6(5-12)3-4-8(10)9(7)11/h3-4,12H,2,5H2,1H3. The molecule has 12 heavy (non-hydrogen) atoms. The number of benzene rings is 1. The lowest BCUT2D eigenvalue weighted by Crippen LogP contribution is -1.97. The van der Waals surface area contributed by atoms with Gasteiger partial charge in [-0.25, -0.2) is 4.39 Å². The van der Waals surface area contributed by atoms with Gasteiger partial charge in [0.05, 0.1) is 11.1 Å². The van der Waals surface area contributed by atoms with Crippen LogP contribution in [-0.2, 0) is 13.0 Å². The van der Waals surface area contributed by atoms with Crippen LogP contribution in [0.15, 0.2) is 16.6 Å². The lowest BCUT2D eigenvalue weighted by molar-refractivity contribution is 0.280. The third-order valence-corrected chi connectivity index (χ3v) is 2.43. The average molecular weight is 233 g/mol. The van der Waals surface area contributed by atoms with Crippen LogP contribution >= 0.6 is 15.9 Å². The monoisotopic (exact) mass is 232 g/mol.